The molecule has 2 atom stereocenters. The highest BCUT2D eigenvalue weighted by Crippen LogP contribution is 2.12. The fraction of sp³-hybridized carbons (Fsp3) is 0.818. The second-order valence-corrected chi connectivity index (χ2v) is 5.52. The molecule has 0 aliphatic carbocycles. The van der Waals surface area contributed by atoms with Gasteiger partial charge in [0, 0.05) is 18.0 Å². The number of carbonyl (C=O) groups excluding carboxylic acids is 2. The molecule has 0 spiro atoms. The van der Waals surface area contributed by atoms with Crippen molar-refractivity contribution in [3.05, 3.63) is 0 Å². The van der Waals surface area contributed by atoms with Gasteiger partial charge in [0.2, 0.25) is 5.91 Å². The van der Waals surface area contributed by atoms with Crippen molar-refractivity contribution in [3.63, 3.8) is 0 Å². The number of alkyl carbamates (subject to hydrolysis) is 1. The normalized spacial score (nSPS) is 16.8. The van der Waals surface area contributed by atoms with Gasteiger partial charge in [-0.05, 0) is 34.6 Å². The molecule has 5 N–H and O–H groups in total. The van der Waals surface area contributed by atoms with Crippen molar-refractivity contribution < 1.29 is 14.3 Å². The number of nitrogens with two attached hydrogens (primary N) is 2. The molecule has 6 nitrogen and oxygen atoms in total. The van der Waals surface area contributed by atoms with E-state index in [2.05, 4.69) is 5.32 Å². The minimum Gasteiger partial charge on any atom is -0.444 e. The summed E-state index contributed by atoms with van der Waals surface area (Å²) in [5, 5.41) is 2.59. The number of carbonyl (C=O) groups is 2. The van der Waals surface area contributed by atoms with Gasteiger partial charge in [-0.25, -0.2) is 4.79 Å². The van der Waals surface area contributed by atoms with E-state index in [0.717, 1.165) is 0 Å². The first-order valence-electron chi connectivity index (χ1n) is 5.51. The summed E-state index contributed by atoms with van der Waals surface area (Å²) in [6, 6.07) is -0.426. The Morgan fingerprint density at radius 2 is 1.76 bits per heavy atom. The van der Waals surface area contributed by atoms with Gasteiger partial charge in [0.25, 0.3) is 0 Å². The molecule has 0 aromatic carbocycles. The zero-order valence-electron chi connectivity index (χ0n) is 11.2. The third-order valence-electron chi connectivity index (χ3n) is 2.28. The van der Waals surface area contributed by atoms with Crippen LogP contribution in [0.25, 0.3) is 0 Å². The van der Waals surface area contributed by atoms with Gasteiger partial charge in [-0.3, -0.25) is 4.79 Å². The van der Waals surface area contributed by atoms with Crippen LogP contribution in [0.15, 0.2) is 0 Å². The predicted molar refractivity (Wildman–Crippen MR) is 65.2 cm³/mol. The zero-order valence-corrected chi connectivity index (χ0v) is 11.2. The Bertz CT molecular complexity index is 295. The van der Waals surface area contributed by atoms with Crippen LogP contribution in [-0.2, 0) is 9.53 Å². The molecule has 0 aliphatic rings. The van der Waals surface area contributed by atoms with E-state index in [1.54, 1.807) is 34.6 Å². The van der Waals surface area contributed by atoms with Crippen molar-refractivity contribution in [1.29, 1.82) is 0 Å². The fourth-order valence-electron chi connectivity index (χ4n) is 1.18. The van der Waals surface area contributed by atoms with Crippen LogP contribution >= 0.6 is 0 Å². The Kier molecular flexibility index (Phi) is 4.94. The van der Waals surface area contributed by atoms with Crippen molar-refractivity contribution >= 4 is 12.0 Å². The van der Waals surface area contributed by atoms with E-state index >= 15 is 0 Å². The third kappa shape index (κ3) is 6.78. The highest BCUT2D eigenvalue weighted by atomic mass is 16.6. The number of nitrogens with one attached hydrogen (secondary N) is 1. The van der Waals surface area contributed by atoms with Gasteiger partial charge >= 0.3 is 6.09 Å². The van der Waals surface area contributed by atoms with Crippen molar-refractivity contribution in [2.75, 3.05) is 0 Å². The van der Waals surface area contributed by atoms with Crippen LogP contribution in [0.3, 0.4) is 0 Å². The average Bonchev–Trinajstić information content (AvgIpc) is 1.96. The van der Waals surface area contributed by atoms with E-state index in [1.807, 2.05) is 0 Å². The lowest BCUT2D eigenvalue weighted by atomic mass is 9.91. The summed E-state index contributed by atoms with van der Waals surface area (Å²) in [4.78, 5) is 22.3. The molecule has 0 saturated heterocycles. The second-order valence-electron chi connectivity index (χ2n) is 5.52. The second kappa shape index (κ2) is 5.35. The maximum Gasteiger partial charge on any atom is 0.407 e. The fourth-order valence-corrected chi connectivity index (χ4v) is 1.18. The quantitative estimate of drug-likeness (QED) is 0.670. The molecule has 0 saturated carbocycles. The highest BCUT2D eigenvalue weighted by molar-refractivity contribution is 5.75. The molecule has 0 rings (SSSR count). The molecule has 2 unspecified atom stereocenters. The van der Waals surface area contributed by atoms with Gasteiger partial charge in [0.1, 0.15) is 5.60 Å². The van der Waals surface area contributed by atoms with Crippen molar-refractivity contribution in [2.45, 2.75) is 58.2 Å². The van der Waals surface area contributed by atoms with Gasteiger partial charge in [0.05, 0.1) is 0 Å². The summed E-state index contributed by atoms with van der Waals surface area (Å²) in [5.74, 6) is -0.507. The molecule has 0 radical (unpaired) electrons. The van der Waals surface area contributed by atoms with Crippen molar-refractivity contribution in [1.82, 2.24) is 5.32 Å². The lowest BCUT2D eigenvalue weighted by Crippen LogP contribution is -2.57. The third-order valence-corrected chi connectivity index (χ3v) is 2.28. The number of primary amides is 1. The van der Waals surface area contributed by atoms with Gasteiger partial charge in [0.15, 0.2) is 0 Å². The summed E-state index contributed by atoms with van der Waals surface area (Å²) < 4.78 is 5.09. The standard InChI is InChI=1S/C11H23N3O3/c1-7(11(5,13)6-8(12)15)14-9(16)17-10(2,3)4/h7H,6,13H2,1-5H3,(H2,12,15)(H,14,16). The lowest BCUT2D eigenvalue weighted by Gasteiger charge is -2.31. The van der Waals surface area contributed by atoms with Crippen LogP contribution in [0.4, 0.5) is 4.79 Å². The summed E-state index contributed by atoms with van der Waals surface area (Å²) >= 11 is 0. The first-order valence-corrected chi connectivity index (χ1v) is 5.51. The molecule has 2 amide bonds. The monoisotopic (exact) mass is 245 g/mol. The molecule has 0 aromatic rings. The van der Waals surface area contributed by atoms with Crippen LogP contribution in [0.5, 0.6) is 0 Å². The first-order chi connectivity index (χ1) is 7.44. The number of amides is 2. The first kappa shape index (κ1) is 15.7. The van der Waals surface area contributed by atoms with Crippen LogP contribution in [0.2, 0.25) is 0 Å². The van der Waals surface area contributed by atoms with E-state index in [-0.39, 0.29) is 6.42 Å². The number of hydrogen-bond acceptors (Lipinski definition) is 4. The Morgan fingerprint density at radius 3 is 2.12 bits per heavy atom. The zero-order chi connectivity index (χ0) is 13.9. The summed E-state index contributed by atoms with van der Waals surface area (Å²) in [6.45, 7) is 8.65. The van der Waals surface area contributed by atoms with Crippen molar-refractivity contribution in [2.24, 2.45) is 11.5 Å². The number of hydrogen-bond donors (Lipinski definition) is 3. The van der Waals surface area contributed by atoms with E-state index in [0.29, 0.717) is 0 Å². The Morgan fingerprint density at radius 1 is 1.29 bits per heavy atom. The van der Waals surface area contributed by atoms with E-state index in [1.165, 1.54) is 0 Å². The van der Waals surface area contributed by atoms with E-state index in [4.69, 9.17) is 16.2 Å². The molecule has 0 bridgehead atoms. The molecule has 0 heterocycles. The molecular formula is C11H23N3O3. The number of rotatable bonds is 4. The number of ether oxygens (including phenoxy) is 1. The summed E-state index contributed by atoms with van der Waals surface area (Å²) in [5.41, 5.74) is 9.52. The maximum absolute atomic E-state index is 11.5. The minimum atomic E-state index is -0.900. The van der Waals surface area contributed by atoms with Crippen LogP contribution in [-0.4, -0.2) is 29.2 Å². The van der Waals surface area contributed by atoms with Crippen LogP contribution in [0, 0.1) is 0 Å². The molecule has 17 heavy (non-hydrogen) atoms. The van der Waals surface area contributed by atoms with Gasteiger partial charge in [-0.1, -0.05) is 0 Å². The topological polar surface area (TPSA) is 107 Å². The Balaban J connectivity index is 4.38. The molecule has 0 fully saturated rings. The van der Waals surface area contributed by atoms with E-state index < -0.39 is 29.2 Å². The smallest absolute Gasteiger partial charge is 0.407 e. The Hall–Kier alpha value is -1.30. The van der Waals surface area contributed by atoms with Gasteiger partial charge in [-0.15, -0.1) is 0 Å². The van der Waals surface area contributed by atoms with Gasteiger partial charge in [-0.2, -0.15) is 0 Å². The lowest BCUT2D eigenvalue weighted by molar-refractivity contribution is -0.119. The molecule has 0 aromatic heterocycles. The maximum atomic E-state index is 11.5. The predicted octanol–water partition coefficient (Wildman–Crippen LogP) is 0.492. The summed E-state index contributed by atoms with van der Waals surface area (Å²) in [7, 11) is 0. The highest BCUT2D eigenvalue weighted by Gasteiger charge is 2.30. The van der Waals surface area contributed by atoms with Gasteiger partial charge < -0.3 is 21.5 Å². The molecule has 0 aliphatic heterocycles. The molecule has 100 valence electrons. The summed E-state index contributed by atoms with van der Waals surface area (Å²) in [6.07, 6.45) is -0.574. The SMILES string of the molecule is CC(NC(=O)OC(C)(C)C)C(C)(N)CC(N)=O. The molecular weight excluding hydrogens is 222 g/mol. The molecule has 6 heteroatoms. The minimum absolute atomic E-state index is 0.00996. The van der Waals surface area contributed by atoms with Crippen LogP contribution < -0.4 is 16.8 Å². The van der Waals surface area contributed by atoms with Crippen LogP contribution in [0.1, 0.15) is 41.0 Å². The van der Waals surface area contributed by atoms with E-state index in [9.17, 15) is 9.59 Å². The largest absolute Gasteiger partial charge is 0.444 e. The van der Waals surface area contributed by atoms with Crippen molar-refractivity contribution in [3.8, 4) is 0 Å². The Labute approximate surface area is 102 Å². The average molecular weight is 245 g/mol.